The van der Waals surface area contributed by atoms with Crippen molar-refractivity contribution < 1.29 is 13.9 Å². The smallest absolute Gasteiger partial charge is 0.266 e. The van der Waals surface area contributed by atoms with Gasteiger partial charge in [0.05, 0.1) is 28.9 Å². The standard InChI is InChI=1S/C18H14FN3O2S/c1-24-9-11-15-12(19)5-3-7-14(15)25-17(11)18(23)21-13-6-2-4-10-8-20-22-16(10)13/h2-8H,9H2,1H3,(H,20,22)(H,21,23). The van der Waals surface area contributed by atoms with E-state index >= 15 is 0 Å². The van der Waals surface area contributed by atoms with Gasteiger partial charge in [0.2, 0.25) is 0 Å². The molecular formula is C18H14FN3O2S. The van der Waals surface area contributed by atoms with Crippen molar-refractivity contribution in [2.75, 3.05) is 12.4 Å². The van der Waals surface area contributed by atoms with Crippen LogP contribution in [-0.2, 0) is 11.3 Å². The van der Waals surface area contributed by atoms with E-state index in [0.29, 0.717) is 21.5 Å². The molecule has 0 aliphatic heterocycles. The zero-order chi connectivity index (χ0) is 17.4. The second-order valence-corrected chi connectivity index (χ2v) is 6.60. The lowest BCUT2D eigenvalue weighted by Crippen LogP contribution is -2.13. The van der Waals surface area contributed by atoms with Crippen molar-refractivity contribution in [1.29, 1.82) is 0 Å². The third kappa shape index (κ3) is 2.67. The molecule has 126 valence electrons. The van der Waals surface area contributed by atoms with Gasteiger partial charge in [-0.05, 0) is 18.2 Å². The Hall–Kier alpha value is -2.77. The predicted molar refractivity (Wildman–Crippen MR) is 96.5 cm³/mol. The van der Waals surface area contributed by atoms with Gasteiger partial charge in [-0.1, -0.05) is 18.2 Å². The van der Waals surface area contributed by atoms with Gasteiger partial charge in [0, 0.05) is 28.1 Å². The maximum absolute atomic E-state index is 14.2. The second-order valence-electron chi connectivity index (χ2n) is 5.55. The number of carbonyl (C=O) groups excluding carboxylic acids is 1. The van der Waals surface area contributed by atoms with Crippen molar-refractivity contribution in [3.05, 3.63) is 58.9 Å². The summed E-state index contributed by atoms with van der Waals surface area (Å²) in [6, 6.07) is 10.4. The fourth-order valence-corrected chi connectivity index (χ4v) is 4.00. The topological polar surface area (TPSA) is 67.0 Å². The average Bonchev–Trinajstić information content (AvgIpc) is 3.21. The molecule has 0 fully saturated rings. The summed E-state index contributed by atoms with van der Waals surface area (Å²) in [7, 11) is 1.53. The van der Waals surface area contributed by atoms with E-state index in [0.717, 1.165) is 15.6 Å². The molecule has 0 bridgehead atoms. The summed E-state index contributed by atoms with van der Waals surface area (Å²) in [4.78, 5) is 13.3. The number of ether oxygens (including phenoxy) is 1. The number of aromatic nitrogens is 2. The minimum Gasteiger partial charge on any atom is -0.380 e. The van der Waals surface area contributed by atoms with E-state index in [1.54, 1.807) is 24.4 Å². The number of H-pyrrole nitrogens is 1. The molecule has 0 aliphatic carbocycles. The summed E-state index contributed by atoms with van der Waals surface area (Å²) in [5.74, 6) is -0.648. The first-order valence-corrected chi connectivity index (χ1v) is 8.43. The number of fused-ring (bicyclic) bond motifs is 2. The quantitative estimate of drug-likeness (QED) is 0.573. The van der Waals surface area contributed by atoms with E-state index in [1.165, 1.54) is 24.5 Å². The van der Waals surface area contributed by atoms with Crippen molar-refractivity contribution in [2.24, 2.45) is 0 Å². The highest BCUT2D eigenvalue weighted by Gasteiger charge is 2.21. The van der Waals surface area contributed by atoms with Crippen molar-refractivity contribution in [2.45, 2.75) is 6.61 Å². The molecule has 0 aliphatic rings. The Morgan fingerprint density at radius 3 is 3.00 bits per heavy atom. The maximum Gasteiger partial charge on any atom is 0.266 e. The number of rotatable bonds is 4. The van der Waals surface area contributed by atoms with Gasteiger partial charge in [-0.15, -0.1) is 11.3 Å². The summed E-state index contributed by atoms with van der Waals surface area (Å²) in [5, 5.41) is 11.1. The minimum absolute atomic E-state index is 0.165. The van der Waals surface area contributed by atoms with Crippen LogP contribution in [0.4, 0.5) is 10.1 Å². The molecule has 0 unspecified atom stereocenters. The number of thiophene rings is 1. The van der Waals surface area contributed by atoms with Crippen LogP contribution in [0.2, 0.25) is 0 Å². The lowest BCUT2D eigenvalue weighted by atomic mass is 10.1. The normalized spacial score (nSPS) is 11.3. The lowest BCUT2D eigenvalue weighted by Gasteiger charge is -2.07. The van der Waals surface area contributed by atoms with Crippen molar-refractivity contribution in [3.8, 4) is 0 Å². The molecule has 2 aromatic carbocycles. The van der Waals surface area contributed by atoms with Crippen LogP contribution in [0.15, 0.2) is 42.6 Å². The van der Waals surface area contributed by atoms with Gasteiger partial charge >= 0.3 is 0 Å². The number of hydrogen-bond acceptors (Lipinski definition) is 4. The Morgan fingerprint density at radius 2 is 2.16 bits per heavy atom. The number of hydrogen-bond donors (Lipinski definition) is 2. The first kappa shape index (κ1) is 15.7. The molecule has 2 N–H and O–H groups in total. The van der Waals surface area contributed by atoms with Gasteiger partial charge in [0.15, 0.2) is 0 Å². The minimum atomic E-state index is -0.351. The number of nitrogens with one attached hydrogen (secondary N) is 2. The number of para-hydroxylation sites is 1. The number of anilines is 1. The van der Waals surface area contributed by atoms with Gasteiger partial charge in [0.1, 0.15) is 5.82 Å². The highest BCUT2D eigenvalue weighted by Crippen LogP contribution is 2.34. The van der Waals surface area contributed by atoms with E-state index in [2.05, 4.69) is 15.5 Å². The SMILES string of the molecule is COCc1c(C(=O)Nc2cccc3cn[nH]c23)sc2cccc(F)c12. The van der Waals surface area contributed by atoms with Crippen LogP contribution in [0.1, 0.15) is 15.2 Å². The lowest BCUT2D eigenvalue weighted by molar-refractivity contribution is 0.102. The number of benzene rings is 2. The number of amides is 1. The van der Waals surface area contributed by atoms with E-state index in [4.69, 9.17) is 4.74 Å². The Kier molecular flexibility index (Phi) is 3.95. The molecule has 0 radical (unpaired) electrons. The summed E-state index contributed by atoms with van der Waals surface area (Å²) in [5.41, 5.74) is 1.94. The van der Waals surface area contributed by atoms with Crippen molar-refractivity contribution in [1.82, 2.24) is 10.2 Å². The molecule has 0 spiro atoms. The highest BCUT2D eigenvalue weighted by molar-refractivity contribution is 7.21. The van der Waals surface area contributed by atoms with Crippen molar-refractivity contribution in [3.63, 3.8) is 0 Å². The predicted octanol–water partition coefficient (Wildman–Crippen LogP) is 4.32. The van der Waals surface area contributed by atoms with Gasteiger partial charge in [0.25, 0.3) is 5.91 Å². The Balaban J connectivity index is 1.78. The van der Waals surface area contributed by atoms with E-state index in [9.17, 15) is 9.18 Å². The zero-order valence-electron chi connectivity index (χ0n) is 13.3. The van der Waals surface area contributed by atoms with E-state index in [1.807, 2.05) is 12.1 Å². The summed E-state index contributed by atoms with van der Waals surface area (Å²) in [6.45, 7) is 0.165. The fourth-order valence-electron chi connectivity index (χ4n) is 2.88. The molecule has 0 atom stereocenters. The van der Waals surface area contributed by atoms with E-state index in [-0.39, 0.29) is 18.3 Å². The van der Waals surface area contributed by atoms with Crippen LogP contribution >= 0.6 is 11.3 Å². The zero-order valence-corrected chi connectivity index (χ0v) is 14.1. The Labute approximate surface area is 146 Å². The number of methoxy groups -OCH3 is 1. The largest absolute Gasteiger partial charge is 0.380 e. The molecule has 4 rings (SSSR count). The maximum atomic E-state index is 14.2. The molecule has 4 aromatic rings. The van der Waals surface area contributed by atoms with Gasteiger partial charge in [-0.2, -0.15) is 5.10 Å². The van der Waals surface area contributed by atoms with Crippen LogP contribution in [0, 0.1) is 5.82 Å². The number of aromatic amines is 1. The molecule has 0 saturated heterocycles. The second kappa shape index (κ2) is 6.27. The monoisotopic (exact) mass is 355 g/mol. The highest BCUT2D eigenvalue weighted by atomic mass is 32.1. The number of nitrogens with zero attached hydrogens (tertiary/aromatic N) is 1. The molecule has 25 heavy (non-hydrogen) atoms. The number of carbonyl (C=O) groups is 1. The van der Waals surface area contributed by atoms with Crippen LogP contribution in [0.25, 0.3) is 21.0 Å². The van der Waals surface area contributed by atoms with Crippen LogP contribution in [0.3, 0.4) is 0 Å². The van der Waals surface area contributed by atoms with E-state index < -0.39 is 0 Å². The molecule has 7 heteroatoms. The molecule has 2 heterocycles. The Morgan fingerprint density at radius 1 is 1.32 bits per heavy atom. The summed E-state index contributed by atoms with van der Waals surface area (Å²) < 4.78 is 20.2. The third-order valence-electron chi connectivity index (χ3n) is 3.98. The molecule has 0 saturated carbocycles. The fraction of sp³-hybridized carbons (Fsp3) is 0.111. The molecule has 1 amide bonds. The first-order chi connectivity index (χ1) is 12.2. The van der Waals surface area contributed by atoms with Crippen LogP contribution < -0.4 is 5.32 Å². The average molecular weight is 355 g/mol. The Bertz CT molecular complexity index is 1090. The van der Waals surface area contributed by atoms with Gasteiger partial charge in [-0.3, -0.25) is 9.89 Å². The summed E-state index contributed by atoms with van der Waals surface area (Å²) >= 11 is 1.25. The molecule has 5 nitrogen and oxygen atoms in total. The summed E-state index contributed by atoms with van der Waals surface area (Å²) in [6.07, 6.45) is 1.69. The number of halogens is 1. The van der Waals surface area contributed by atoms with Gasteiger partial charge < -0.3 is 10.1 Å². The molecular weight excluding hydrogens is 341 g/mol. The van der Waals surface area contributed by atoms with Crippen LogP contribution in [-0.4, -0.2) is 23.2 Å². The van der Waals surface area contributed by atoms with Gasteiger partial charge in [-0.25, -0.2) is 4.39 Å². The third-order valence-corrected chi connectivity index (χ3v) is 5.18. The first-order valence-electron chi connectivity index (χ1n) is 7.61. The molecule has 2 aromatic heterocycles. The van der Waals surface area contributed by atoms with Crippen LogP contribution in [0.5, 0.6) is 0 Å². The van der Waals surface area contributed by atoms with Crippen molar-refractivity contribution >= 4 is 43.9 Å².